The van der Waals surface area contributed by atoms with E-state index in [0.29, 0.717) is 6.42 Å². The lowest BCUT2D eigenvalue weighted by Crippen LogP contribution is -2.51. The van der Waals surface area contributed by atoms with Gasteiger partial charge in [0.15, 0.2) is 0 Å². The molecule has 1 aliphatic rings. The van der Waals surface area contributed by atoms with Crippen LogP contribution in [-0.2, 0) is 27.5 Å². The van der Waals surface area contributed by atoms with Gasteiger partial charge in [0.25, 0.3) is 0 Å². The Morgan fingerprint density at radius 2 is 1.70 bits per heavy atom. The third-order valence-corrected chi connectivity index (χ3v) is 6.31. The molecule has 1 N–H and O–H groups in total. The number of carbonyl (C=O) groups is 1. The molecule has 1 heterocycles. The summed E-state index contributed by atoms with van der Waals surface area (Å²) in [6.07, 6.45) is -8.92. The smallest absolute Gasteiger partial charge is 0.406 e. The van der Waals surface area contributed by atoms with Gasteiger partial charge in [-0.3, -0.25) is 4.79 Å². The zero-order valence-corrected chi connectivity index (χ0v) is 17.6. The minimum Gasteiger partial charge on any atom is -0.406 e. The van der Waals surface area contributed by atoms with Gasteiger partial charge in [-0.15, -0.1) is 13.2 Å². The zero-order chi connectivity index (χ0) is 24.4. The minimum atomic E-state index is -4.93. The SMILES string of the molecule is O=C1[C@@H](NS(=O)(=O)c2ccc(OC(F)(F)F)cc2)CCCN1Cc1cccc(C(F)(F)F)c1. The largest absolute Gasteiger partial charge is 0.573 e. The van der Waals surface area contributed by atoms with Gasteiger partial charge in [-0.2, -0.15) is 17.9 Å². The Bertz CT molecular complexity index is 1100. The summed E-state index contributed by atoms with van der Waals surface area (Å²) in [6.45, 7) is 0.0985. The molecule has 3 rings (SSSR count). The van der Waals surface area contributed by atoms with E-state index in [1.54, 1.807) is 0 Å². The summed E-state index contributed by atoms with van der Waals surface area (Å²) in [5.74, 6) is -1.22. The Morgan fingerprint density at radius 1 is 1.03 bits per heavy atom. The first-order valence-corrected chi connectivity index (χ1v) is 11.1. The number of hydrogen-bond acceptors (Lipinski definition) is 4. The molecule has 1 aliphatic heterocycles. The molecule has 0 aliphatic carbocycles. The van der Waals surface area contributed by atoms with Gasteiger partial charge in [-0.1, -0.05) is 12.1 Å². The number of likely N-dealkylation sites (tertiary alicyclic amines) is 1. The Labute approximate surface area is 185 Å². The topological polar surface area (TPSA) is 75.7 Å². The van der Waals surface area contributed by atoms with E-state index in [2.05, 4.69) is 9.46 Å². The Morgan fingerprint density at radius 3 is 2.30 bits per heavy atom. The first kappa shape index (κ1) is 24.8. The van der Waals surface area contributed by atoms with Crippen molar-refractivity contribution in [2.24, 2.45) is 0 Å². The second kappa shape index (κ2) is 9.21. The molecule has 0 bridgehead atoms. The quantitative estimate of drug-likeness (QED) is 0.612. The molecule has 2 aromatic carbocycles. The molecular formula is C20H18F6N2O4S. The van der Waals surface area contributed by atoms with Crippen molar-refractivity contribution in [3.8, 4) is 5.75 Å². The summed E-state index contributed by atoms with van der Waals surface area (Å²) in [6, 6.07) is 6.76. The number of nitrogens with one attached hydrogen (secondary N) is 1. The zero-order valence-electron chi connectivity index (χ0n) is 16.8. The average molecular weight is 496 g/mol. The van der Waals surface area contributed by atoms with Gasteiger partial charge < -0.3 is 9.64 Å². The Balaban J connectivity index is 1.69. The second-order valence-electron chi connectivity index (χ2n) is 7.29. The Hall–Kier alpha value is -2.80. The molecule has 13 heteroatoms. The summed E-state index contributed by atoms with van der Waals surface area (Å²) in [5, 5.41) is 0. The number of amides is 1. The summed E-state index contributed by atoms with van der Waals surface area (Å²) >= 11 is 0. The maximum absolute atomic E-state index is 12.9. The highest BCUT2D eigenvalue weighted by molar-refractivity contribution is 7.89. The van der Waals surface area contributed by atoms with Crippen molar-refractivity contribution in [2.45, 2.75) is 42.9 Å². The van der Waals surface area contributed by atoms with Gasteiger partial charge in [0.2, 0.25) is 15.9 Å². The highest BCUT2D eigenvalue weighted by Gasteiger charge is 2.34. The van der Waals surface area contributed by atoms with Gasteiger partial charge in [0.1, 0.15) is 11.8 Å². The first-order chi connectivity index (χ1) is 15.2. The van der Waals surface area contributed by atoms with E-state index in [1.165, 1.54) is 17.0 Å². The normalized spacial score (nSPS) is 17.8. The molecule has 6 nitrogen and oxygen atoms in total. The molecule has 1 amide bonds. The highest BCUT2D eigenvalue weighted by Crippen LogP contribution is 2.30. The molecule has 0 saturated carbocycles. The van der Waals surface area contributed by atoms with Crippen molar-refractivity contribution >= 4 is 15.9 Å². The van der Waals surface area contributed by atoms with Gasteiger partial charge in [0, 0.05) is 13.1 Å². The van der Waals surface area contributed by atoms with Crippen LogP contribution < -0.4 is 9.46 Å². The number of carbonyl (C=O) groups excluding carboxylic acids is 1. The lowest BCUT2D eigenvalue weighted by molar-refractivity contribution is -0.274. The van der Waals surface area contributed by atoms with E-state index in [1.807, 2.05) is 0 Å². The fraction of sp³-hybridized carbons (Fsp3) is 0.350. The van der Waals surface area contributed by atoms with Crippen LogP contribution in [0.4, 0.5) is 26.3 Å². The van der Waals surface area contributed by atoms with E-state index < -0.39 is 45.8 Å². The van der Waals surface area contributed by atoms with E-state index in [0.717, 1.165) is 36.4 Å². The van der Waals surface area contributed by atoms with Crippen LogP contribution in [0.15, 0.2) is 53.4 Å². The molecule has 0 unspecified atom stereocenters. The van der Waals surface area contributed by atoms with Crippen LogP contribution in [-0.4, -0.2) is 38.2 Å². The number of sulfonamides is 1. The number of halogens is 6. The van der Waals surface area contributed by atoms with Crippen LogP contribution in [0.5, 0.6) is 5.75 Å². The van der Waals surface area contributed by atoms with Crippen LogP contribution in [0.1, 0.15) is 24.0 Å². The fourth-order valence-electron chi connectivity index (χ4n) is 3.35. The van der Waals surface area contributed by atoms with Crippen molar-refractivity contribution in [2.75, 3.05) is 6.54 Å². The van der Waals surface area contributed by atoms with Gasteiger partial charge >= 0.3 is 12.5 Å². The Kier molecular flexibility index (Phi) is 6.93. The number of alkyl halides is 6. The molecule has 0 radical (unpaired) electrons. The third kappa shape index (κ3) is 6.60. The number of piperidine rings is 1. The molecule has 180 valence electrons. The second-order valence-corrected chi connectivity index (χ2v) is 9.01. The van der Waals surface area contributed by atoms with E-state index in [9.17, 15) is 39.6 Å². The van der Waals surface area contributed by atoms with Crippen LogP contribution >= 0.6 is 0 Å². The first-order valence-electron chi connectivity index (χ1n) is 9.58. The number of benzene rings is 2. The van der Waals surface area contributed by atoms with Crippen LogP contribution in [0.3, 0.4) is 0 Å². The maximum Gasteiger partial charge on any atom is 0.573 e. The molecular weight excluding hydrogens is 478 g/mol. The summed E-state index contributed by atoms with van der Waals surface area (Å²) in [5.41, 5.74) is -0.624. The van der Waals surface area contributed by atoms with Gasteiger partial charge in [-0.25, -0.2) is 8.42 Å². The summed E-state index contributed by atoms with van der Waals surface area (Å²) in [7, 11) is -4.26. The van der Waals surface area contributed by atoms with Crippen LogP contribution in [0.25, 0.3) is 0 Å². The van der Waals surface area contributed by atoms with Crippen molar-refractivity contribution in [3.63, 3.8) is 0 Å². The van der Waals surface area contributed by atoms with Crippen molar-refractivity contribution in [1.29, 1.82) is 0 Å². The number of rotatable bonds is 6. The molecule has 1 fully saturated rings. The molecule has 2 aromatic rings. The lowest BCUT2D eigenvalue weighted by Gasteiger charge is -2.32. The number of ether oxygens (including phenoxy) is 1. The molecule has 1 atom stereocenters. The summed E-state index contributed by atoms with van der Waals surface area (Å²) < 4.78 is 107. The van der Waals surface area contributed by atoms with Crippen molar-refractivity contribution in [1.82, 2.24) is 9.62 Å². The van der Waals surface area contributed by atoms with Gasteiger partial charge in [-0.05, 0) is 54.8 Å². The fourth-order valence-corrected chi connectivity index (χ4v) is 4.57. The van der Waals surface area contributed by atoms with E-state index >= 15 is 0 Å². The minimum absolute atomic E-state index is 0.134. The predicted octanol–water partition coefficient (Wildman–Crippen LogP) is 4.07. The predicted molar refractivity (Wildman–Crippen MR) is 103 cm³/mol. The van der Waals surface area contributed by atoms with Crippen molar-refractivity contribution in [3.05, 3.63) is 59.7 Å². The van der Waals surface area contributed by atoms with Crippen molar-refractivity contribution < 1.29 is 44.3 Å². The lowest BCUT2D eigenvalue weighted by atomic mass is 10.0. The van der Waals surface area contributed by atoms with Crippen LogP contribution in [0, 0.1) is 0 Å². The third-order valence-electron chi connectivity index (χ3n) is 4.82. The monoisotopic (exact) mass is 496 g/mol. The molecule has 0 aromatic heterocycles. The van der Waals surface area contributed by atoms with E-state index in [4.69, 9.17) is 0 Å². The summed E-state index contributed by atoms with van der Waals surface area (Å²) in [4.78, 5) is 13.6. The molecule has 1 saturated heterocycles. The number of nitrogens with zero attached hydrogens (tertiary/aromatic N) is 1. The maximum atomic E-state index is 12.9. The van der Waals surface area contributed by atoms with Gasteiger partial charge in [0.05, 0.1) is 10.5 Å². The molecule has 0 spiro atoms. The molecule has 33 heavy (non-hydrogen) atoms. The van der Waals surface area contributed by atoms with E-state index in [-0.39, 0.29) is 30.0 Å². The van der Waals surface area contributed by atoms with Crippen LogP contribution in [0.2, 0.25) is 0 Å². The average Bonchev–Trinajstić information content (AvgIpc) is 2.70. The standard InChI is InChI=1S/C20H18F6N2O4S/c21-19(22,23)14-4-1-3-13(11-14)12-28-10-2-5-17(18(28)29)27-33(30,31)16-8-6-15(7-9-16)32-20(24,25)26/h1,3-4,6-9,11,17,27H,2,5,10,12H2/t17-/m0/s1. The highest BCUT2D eigenvalue weighted by atomic mass is 32.2. The number of hydrogen-bond donors (Lipinski definition) is 1.